The molecule has 0 aromatic carbocycles. The molecule has 2 aliphatic heterocycles. The van der Waals surface area contributed by atoms with Gasteiger partial charge in [0.15, 0.2) is 10.7 Å². The van der Waals surface area contributed by atoms with E-state index in [1.165, 1.54) is 25.2 Å². The number of ketones is 2. The van der Waals surface area contributed by atoms with Gasteiger partial charge in [-0.25, -0.2) is 26.8 Å². The zero-order valence-corrected chi connectivity index (χ0v) is 23.2. The molecule has 0 unspecified atom stereocenters. The number of anilines is 2. The van der Waals surface area contributed by atoms with Crippen LogP contribution in [0.15, 0.2) is 44.6 Å². The Balaban J connectivity index is 0.000000196. The predicted octanol–water partition coefficient (Wildman–Crippen LogP) is 2.02. The van der Waals surface area contributed by atoms with Gasteiger partial charge in [-0.05, 0) is 56.1 Å². The Hall–Kier alpha value is -2.36. The lowest BCUT2D eigenvalue weighted by molar-refractivity contribution is 0.101. The quantitative estimate of drug-likeness (QED) is 0.340. The van der Waals surface area contributed by atoms with E-state index in [9.17, 15) is 26.4 Å². The Morgan fingerprint density at radius 1 is 0.882 bits per heavy atom. The van der Waals surface area contributed by atoms with Crippen molar-refractivity contribution in [1.29, 1.82) is 0 Å². The van der Waals surface area contributed by atoms with Crippen molar-refractivity contribution in [2.75, 3.05) is 42.6 Å². The molecule has 2 aromatic rings. The predicted molar refractivity (Wildman–Crippen MR) is 134 cm³/mol. The number of carbonyl (C=O) groups excluding carboxylic acids is 2. The molecule has 0 atom stereocenters. The van der Waals surface area contributed by atoms with Gasteiger partial charge in [0.25, 0.3) is 10.0 Å². The molecule has 182 valence electrons. The highest BCUT2D eigenvalue weighted by Crippen LogP contribution is 2.33. The second-order valence-corrected chi connectivity index (χ2v) is 13.0. The Kier molecular flexibility index (Phi) is 7.22. The molecule has 15 heteroatoms. The van der Waals surface area contributed by atoms with Crippen molar-refractivity contribution in [3.8, 4) is 0 Å². The van der Waals surface area contributed by atoms with Gasteiger partial charge in [0.1, 0.15) is 26.3 Å². The van der Waals surface area contributed by atoms with E-state index in [1.807, 2.05) is 0 Å². The minimum atomic E-state index is -3.82. The first kappa shape index (κ1) is 26.2. The van der Waals surface area contributed by atoms with Crippen molar-refractivity contribution in [3.05, 3.63) is 56.0 Å². The fourth-order valence-corrected chi connectivity index (χ4v) is 6.19. The molecule has 0 saturated carbocycles. The summed E-state index contributed by atoms with van der Waals surface area (Å²) < 4.78 is 50.7. The zero-order valence-electron chi connectivity index (χ0n) is 18.4. The van der Waals surface area contributed by atoms with Gasteiger partial charge < -0.3 is 4.90 Å². The number of sulfonamides is 2. The minimum absolute atomic E-state index is 0.125. The van der Waals surface area contributed by atoms with Crippen molar-refractivity contribution in [3.63, 3.8) is 0 Å². The number of halogens is 2. The van der Waals surface area contributed by atoms with Crippen LogP contribution in [0.2, 0.25) is 0 Å². The topological polar surface area (TPSA) is 138 Å². The lowest BCUT2D eigenvalue weighted by atomic mass is 10.2. The zero-order chi connectivity index (χ0) is 25.6. The number of carbonyl (C=O) groups is 2. The summed E-state index contributed by atoms with van der Waals surface area (Å²) in [5.41, 5.74) is 0.931. The fraction of sp³-hybridized carbons (Fsp3) is 0.263. The van der Waals surface area contributed by atoms with E-state index in [4.69, 9.17) is 0 Å². The van der Waals surface area contributed by atoms with Crippen molar-refractivity contribution < 1.29 is 26.4 Å². The van der Waals surface area contributed by atoms with Gasteiger partial charge in [0.05, 0.1) is 11.4 Å². The molecule has 2 aromatic heterocycles. The summed E-state index contributed by atoms with van der Waals surface area (Å²) >= 11 is 6.31. The molecule has 2 aliphatic rings. The summed E-state index contributed by atoms with van der Waals surface area (Å²) in [5, 5.41) is 0. The first-order valence-corrected chi connectivity index (χ1v) is 14.0. The number of aromatic nitrogens is 2. The van der Waals surface area contributed by atoms with Crippen LogP contribution in [-0.2, 0) is 20.0 Å². The number of hydrogen-bond acceptors (Lipinski definition) is 9. The Labute approximate surface area is 213 Å². The molecule has 0 bridgehead atoms. The molecule has 0 amide bonds. The molecular weight excluding hydrogens is 618 g/mol. The van der Waals surface area contributed by atoms with Crippen LogP contribution >= 0.6 is 31.9 Å². The monoisotopic (exact) mass is 635 g/mol. The largest absolute Gasteiger partial charge is 0.382 e. The first-order valence-electron chi connectivity index (χ1n) is 9.41. The van der Waals surface area contributed by atoms with Crippen LogP contribution in [-0.4, -0.2) is 77.2 Å². The maximum absolute atomic E-state index is 12.3. The van der Waals surface area contributed by atoms with E-state index < -0.39 is 37.4 Å². The maximum Gasteiger partial charge on any atom is 0.269 e. The molecule has 0 N–H and O–H groups in total. The summed E-state index contributed by atoms with van der Waals surface area (Å²) in [6, 6.07) is 6.30. The van der Waals surface area contributed by atoms with Crippen LogP contribution in [0.4, 0.5) is 11.4 Å². The molecule has 4 rings (SSSR count). The van der Waals surface area contributed by atoms with E-state index in [1.54, 1.807) is 38.4 Å². The highest BCUT2D eigenvalue weighted by molar-refractivity contribution is 9.10. The number of Topliss-reactive ketones (excluding diaryl/α,β-unsaturated/α-hetero) is 2. The molecule has 34 heavy (non-hydrogen) atoms. The summed E-state index contributed by atoms with van der Waals surface area (Å²) in [4.78, 5) is 33.1. The number of rotatable bonds is 1. The lowest BCUT2D eigenvalue weighted by Gasteiger charge is -2.27. The summed E-state index contributed by atoms with van der Waals surface area (Å²) in [6.45, 7) is 0. The number of nitrogens with zero attached hydrogens (tertiary/aromatic N) is 5. The van der Waals surface area contributed by atoms with Crippen molar-refractivity contribution >= 4 is 74.8 Å². The molecule has 11 nitrogen and oxygen atoms in total. The molecule has 0 fully saturated rings. The number of allylic oxidation sites excluding steroid dienone is 1. The third-order valence-electron chi connectivity index (χ3n) is 4.81. The van der Waals surface area contributed by atoms with Gasteiger partial charge >= 0.3 is 0 Å². The Bertz CT molecular complexity index is 1440. The number of pyridine rings is 2. The fourth-order valence-electron chi connectivity index (χ4n) is 3.09. The van der Waals surface area contributed by atoms with Gasteiger partial charge in [-0.2, -0.15) is 0 Å². The van der Waals surface area contributed by atoms with Gasteiger partial charge in [-0.15, -0.1) is 0 Å². The SMILES string of the molecule is CN(C)/C=C1/C(=O)c2nc(Br)ccc2N(C)S1(=O)=O.CN1c2ccc(Br)nc2C(=O)CS1(=O)=O. The molecule has 0 saturated heterocycles. The van der Waals surface area contributed by atoms with E-state index >= 15 is 0 Å². The molecular formula is C19H19Br2N5O6S2. The van der Waals surface area contributed by atoms with Crippen molar-refractivity contribution in [2.24, 2.45) is 0 Å². The number of hydrogen-bond donors (Lipinski definition) is 0. The minimum Gasteiger partial charge on any atom is -0.382 e. The first-order chi connectivity index (χ1) is 15.7. The van der Waals surface area contributed by atoms with Gasteiger partial charge in [0.2, 0.25) is 15.8 Å². The molecule has 0 aliphatic carbocycles. The van der Waals surface area contributed by atoms with Crippen LogP contribution in [0.1, 0.15) is 21.0 Å². The summed E-state index contributed by atoms with van der Waals surface area (Å²) in [6.07, 6.45) is 1.29. The Morgan fingerprint density at radius 2 is 1.38 bits per heavy atom. The van der Waals surface area contributed by atoms with Gasteiger partial charge in [-0.1, -0.05) is 0 Å². The van der Waals surface area contributed by atoms with Gasteiger partial charge in [-0.3, -0.25) is 18.2 Å². The van der Waals surface area contributed by atoms with Crippen LogP contribution in [0.5, 0.6) is 0 Å². The lowest BCUT2D eigenvalue weighted by Crippen LogP contribution is -2.38. The summed E-state index contributed by atoms with van der Waals surface area (Å²) in [7, 11) is -1.21. The third kappa shape index (κ3) is 4.87. The summed E-state index contributed by atoms with van der Waals surface area (Å²) in [5.74, 6) is -1.58. The normalized spacial score (nSPS) is 19.2. The smallest absolute Gasteiger partial charge is 0.269 e. The molecule has 0 radical (unpaired) electrons. The second kappa shape index (κ2) is 9.36. The average molecular weight is 637 g/mol. The van der Waals surface area contributed by atoms with Gasteiger partial charge in [0, 0.05) is 34.4 Å². The number of fused-ring (bicyclic) bond motifs is 2. The van der Waals surface area contributed by atoms with Crippen LogP contribution in [0.25, 0.3) is 0 Å². The third-order valence-corrected chi connectivity index (χ3v) is 9.11. The van der Waals surface area contributed by atoms with E-state index in [2.05, 4.69) is 41.8 Å². The average Bonchev–Trinajstić information content (AvgIpc) is 2.74. The highest BCUT2D eigenvalue weighted by Gasteiger charge is 2.39. The van der Waals surface area contributed by atoms with Crippen molar-refractivity contribution in [2.45, 2.75) is 0 Å². The maximum atomic E-state index is 12.3. The van der Waals surface area contributed by atoms with Crippen molar-refractivity contribution in [1.82, 2.24) is 14.9 Å². The van der Waals surface area contributed by atoms with Crippen LogP contribution in [0.3, 0.4) is 0 Å². The van der Waals surface area contributed by atoms with E-state index in [0.717, 1.165) is 8.61 Å². The highest BCUT2D eigenvalue weighted by atomic mass is 79.9. The Morgan fingerprint density at radius 3 is 1.91 bits per heavy atom. The van der Waals surface area contributed by atoms with E-state index in [-0.39, 0.29) is 22.0 Å². The second-order valence-electron chi connectivity index (χ2n) is 7.41. The molecule has 0 spiro atoms. The molecule has 4 heterocycles. The van der Waals surface area contributed by atoms with Crippen LogP contribution < -0.4 is 8.61 Å². The standard InChI is InChI=1S/C11H12BrN3O3S.C8H7BrN2O3S/c1-14(2)6-8-11(16)10-7(4-5-9(12)13-10)15(3)19(8,17)18;1-11-5-2-3-7(9)10-8(5)6(12)4-15(11,13)14/h4-6H,1-3H3;2-3H,4H2,1H3/b8-6-;. The van der Waals surface area contributed by atoms with Crippen LogP contribution in [0, 0.1) is 0 Å². The van der Waals surface area contributed by atoms with E-state index in [0.29, 0.717) is 14.9 Å².